The van der Waals surface area contributed by atoms with Gasteiger partial charge in [-0.15, -0.1) is 0 Å². The first-order chi connectivity index (χ1) is 9.48. The molecule has 0 aliphatic carbocycles. The third kappa shape index (κ3) is 3.17. The van der Waals surface area contributed by atoms with Gasteiger partial charge in [0.25, 0.3) is 0 Å². The SMILES string of the molecule is CCCC1CCN(S(=O)(=O)c2ccc(Cl)c(CO)c2)C1. The maximum absolute atomic E-state index is 12.6. The van der Waals surface area contributed by atoms with Crippen LogP contribution in [-0.2, 0) is 16.6 Å². The third-order valence-electron chi connectivity index (χ3n) is 3.77. The van der Waals surface area contributed by atoms with Gasteiger partial charge in [0.1, 0.15) is 0 Å². The van der Waals surface area contributed by atoms with Crippen molar-refractivity contribution in [1.82, 2.24) is 4.31 Å². The van der Waals surface area contributed by atoms with Crippen LogP contribution in [0.3, 0.4) is 0 Å². The predicted molar refractivity (Wildman–Crippen MR) is 79.1 cm³/mol. The van der Waals surface area contributed by atoms with Crippen molar-refractivity contribution in [3.05, 3.63) is 28.8 Å². The quantitative estimate of drug-likeness (QED) is 0.908. The standard InChI is InChI=1S/C14H20ClNO3S/c1-2-3-11-6-7-16(9-11)20(18,19)13-4-5-14(15)12(8-13)10-17/h4-5,8,11,17H,2-3,6-7,9-10H2,1H3. The highest BCUT2D eigenvalue weighted by molar-refractivity contribution is 7.89. The zero-order chi connectivity index (χ0) is 14.8. The largest absolute Gasteiger partial charge is 0.392 e. The van der Waals surface area contributed by atoms with Crippen molar-refractivity contribution in [2.75, 3.05) is 13.1 Å². The molecule has 0 bridgehead atoms. The Morgan fingerprint density at radius 1 is 1.45 bits per heavy atom. The lowest BCUT2D eigenvalue weighted by molar-refractivity contribution is 0.281. The molecule has 0 amide bonds. The van der Waals surface area contributed by atoms with Gasteiger partial charge in [0.2, 0.25) is 10.0 Å². The average molecular weight is 318 g/mol. The molecule has 20 heavy (non-hydrogen) atoms. The fraction of sp³-hybridized carbons (Fsp3) is 0.571. The van der Waals surface area contributed by atoms with Crippen LogP contribution in [0.5, 0.6) is 0 Å². The van der Waals surface area contributed by atoms with Gasteiger partial charge in [0.15, 0.2) is 0 Å². The van der Waals surface area contributed by atoms with E-state index in [1.54, 1.807) is 0 Å². The number of rotatable bonds is 5. The Kier molecular flexibility index (Phi) is 5.07. The summed E-state index contributed by atoms with van der Waals surface area (Å²) >= 11 is 5.90. The van der Waals surface area contributed by atoms with Crippen LogP contribution in [0.2, 0.25) is 5.02 Å². The molecule has 6 heteroatoms. The van der Waals surface area contributed by atoms with E-state index in [0.717, 1.165) is 19.3 Å². The van der Waals surface area contributed by atoms with Crippen molar-refractivity contribution in [2.45, 2.75) is 37.7 Å². The first-order valence-corrected chi connectivity index (χ1v) is 8.70. The van der Waals surface area contributed by atoms with Crippen LogP contribution in [-0.4, -0.2) is 30.9 Å². The molecule has 0 saturated carbocycles. The van der Waals surface area contributed by atoms with Crippen molar-refractivity contribution in [2.24, 2.45) is 5.92 Å². The number of hydrogen-bond donors (Lipinski definition) is 1. The minimum Gasteiger partial charge on any atom is -0.392 e. The fourth-order valence-corrected chi connectivity index (χ4v) is 4.40. The lowest BCUT2D eigenvalue weighted by Gasteiger charge is -2.17. The predicted octanol–water partition coefficient (Wildman–Crippen LogP) is 2.64. The van der Waals surface area contributed by atoms with Crippen molar-refractivity contribution in [1.29, 1.82) is 0 Å². The van der Waals surface area contributed by atoms with Gasteiger partial charge in [0, 0.05) is 18.1 Å². The molecule has 1 atom stereocenters. The second-order valence-corrected chi connectivity index (χ2v) is 7.56. The lowest BCUT2D eigenvalue weighted by Crippen LogP contribution is -2.29. The minimum absolute atomic E-state index is 0.211. The molecule has 1 fully saturated rings. The number of benzene rings is 1. The van der Waals surface area contributed by atoms with Gasteiger partial charge in [-0.2, -0.15) is 4.31 Å². The van der Waals surface area contributed by atoms with E-state index in [4.69, 9.17) is 11.6 Å². The van der Waals surface area contributed by atoms with Gasteiger partial charge in [-0.05, 0) is 42.5 Å². The first kappa shape index (κ1) is 15.8. The van der Waals surface area contributed by atoms with E-state index in [-0.39, 0.29) is 11.5 Å². The molecular formula is C14H20ClNO3S. The zero-order valence-corrected chi connectivity index (χ0v) is 13.1. The minimum atomic E-state index is -3.48. The highest BCUT2D eigenvalue weighted by atomic mass is 35.5. The van der Waals surface area contributed by atoms with Gasteiger partial charge in [-0.3, -0.25) is 0 Å². The summed E-state index contributed by atoms with van der Waals surface area (Å²) in [6, 6.07) is 4.49. The molecule has 112 valence electrons. The Morgan fingerprint density at radius 3 is 2.85 bits per heavy atom. The van der Waals surface area contributed by atoms with E-state index in [9.17, 15) is 13.5 Å². The van der Waals surface area contributed by atoms with Gasteiger partial charge < -0.3 is 5.11 Å². The molecule has 1 aliphatic heterocycles. The van der Waals surface area contributed by atoms with Crippen LogP contribution in [0.25, 0.3) is 0 Å². The maximum atomic E-state index is 12.6. The van der Waals surface area contributed by atoms with Gasteiger partial charge in [-0.1, -0.05) is 24.9 Å². The molecule has 0 aromatic heterocycles. The summed E-state index contributed by atoms with van der Waals surface area (Å²) in [4.78, 5) is 0.211. The van der Waals surface area contributed by atoms with Crippen molar-refractivity contribution in [3.8, 4) is 0 Å². The highest BCUT2D eigenvalue weighted by Crippen LogP contribution is 2.28. The summed E-state index contributed by atoms with van der Waals surface area (Å²) in [6.45, 7) is 3.02. The smallest absolute Gasteiger partial charge is 0.243 e. The number of aliphatic hydroxyl groups is 1. The Balaban J connectivity index is 2.23. The molecule has 1 N–H and O–H groups in total. The Bertz CT molecular complexity index is 574. The summed E-state index contributed by atoms with van der Waals surface area (Å²) < 4.78 is 26.7. The van der Waals surface area contributed by atoms with E-state index in [2.05, 4.69) is 6.92 Å². The van der Waals surface area contributed by atoms with Crippen molar-refractivity contribution in [3.63, 3.8) is 0 Å². The summed E-state index contributed by atoms with van der Waals surface area (Å²) in [6.07, 6.45) is 3.07. The fourth-order valence-electron chi connectivity index (χ4n) is 2.64. The molecule has 2 rings (SSSR count). The molecular weight excluding hydrogens is 298 g/mol. The Morgan fingerprint density at radius 2 is 2.20 bits per heavy atom. The van der Waals surface area contributed by atoms with Crippen molar-refractivity contribution >= 4 is 21.6 Å². The summed E-state index contributed by atoms with van der Waals surface area (Å²) in [7, 11) is -3.48. The Labute approximate surface area is 125 Å². The monoisotopic (exact) mass is 317 g/mol. The summed E-state index contributed by atoms with van der Waals surface area (Å²) in [5.41, 5.74) is 0.442. The molecule has 1 aliphatic rings. The molecule has 0 radical (unpaired) electrons. The summed E-state index contributed by atoms with van der Waals surface area (Å²) in [5, 5.41) is 9.58. The first-order valence-electron chi connectivity index (χ1n) is 6.88. The lowest BCUT2D eigenvalue weighted by atomic mass is 10.0. The number of hydrogen-bond acceptors (Lipinski definition) is 3. The normalized spacial score (nSPS) is 20.4. The average Bonchev–Trinajstić information content (AvgIpc) is 2.89. The van der Waals surface area contributed by atoms with E-state index in [0.29, 0.717) is 29.6 Å². The molecule has 1 aromatic rings. The van der Waals surface area contributed by atoms with E-state index >= 15 is 0 Å². The zero-order valence-electron chi connectivity index (χ0n) is 11.5. The van der Waals surface area contributed by atoms with Crippen LogP contribution < -0.4 is 0 Å². The number of aliphatic hydroxyl groups excluding tert-OH is 1. The molecule has 1 aromatic carbocycles. The van der Waals surface area contributed by atoms with E-state index in [1.807, 2.05) is 0 Å². The van der Waals surface area contributed by atoms with Gasteiger partial charge in [-0.25, -0.2) is 8.42 Å². The highest BCUT2D eigenvalue weighted by Gasteiger charge is 2.32. The van der Waals surface area contributed by atoms with E-state index < -0.39 is 10.0 Å². The van der Waals surface area contributed by atoms with Gasteiger partial charge >= 0.3 is 0 Å². The molecule has 1 unspecified atom stereocenters. The topological polar surface area (TPSA) is 57.6 Å². The van der Waals surface area contributed by atoms with Crippen LogP contribution in [0, 0.1) is 5.92 Å². The number of nitrogens with zero attached hydrogens (tertiary/aromatic N) is 1. The van der Waals surface area contributed by atoms with Crippen LogP contribution >= 0.6 is 11.6 Å². The second kappa shape index (κ2) is 6.43. The third-order valence-corrected chi connectivity index (χ3v) is 6.00. The van der Waals surface area contributed by atoms with E-state index in [1.165, 1.54) is 22.5 Å². The van der Waals surface area contributed by atoms with Crippen LogP contribution in [0.4, 0.5) is 0 Å². The summed E-state index contributed by atoms with van der Waals surface area (Å²) in [5.74, 6) is 0.458. The van der Waals surface area contributed by atoms with Crippen molar-refractivity contribution < 1.29 is 13.5 Å². The maximum Gasteiger partial charge on any atom is 0.243 e. The molecule has 1 heterocycles. The number of halogens is 1. The molecule has 1 saturated heterocycles. The molecule has 0 spiro atoms. The Hall–Kier alpha value is -0.620. The van der Waals surface area contributed by atoms with Gasteiger partial charge in [0.05, 0.1) is 11.5 Å². The van der Waals surface area contributed by atoms with Crippen LogP contribution in [0.15, 0.2) is 23.1 Å². The number of sulfonamides is 1. The van der Waals surface area contributed by atoms with Crippen LogP contribution in [0.1, 0.15) is 31.7 Å². The molecule has 4 nitrogen and oxygen atoms in total. The second-order valence-electron chi connectivity index (χ2n) is 5.22.